The highest BCUT2D eigenvalue weighted by Gasteiger charge is 2.10. The quantitative estimate of drug-likeness (QED) is 0.583. The van der Waals surface area contributed by atoms with Crippen LogP contribution >= 0.6 is 0 Å². The van der Waals surface area contributed by atoms with Crippen molar-refractivity contribution < 1.29 is 14.0 Å². The first-order chi connectivity index (χ1) is 4.20. The van der Waals surface area contributed by atoms with E-state index in [1.54, 1.807) is 6.92 Å². The first kappa shape index (κ1) is 9.20. The Morgan fingerprint density at radius 3 is 2.67 bits per heavy atom. The van der Waals surface area contributed by atoms with E-state index in [9.17, 15) is 8.94 Å². The molecule has 2 unspecified atom stereocenters. The molecule has 0 bridgehead atoms. The molecule has 0 radical (unpaired) electrons. The number of hydrogen-bond donors (Lipinski definition) is 1. The highest BCUT2D eigenvalue weighted by molar-refractivity contribution is 7.91. The second kappa shape index (κ2) is 5.02. The number of hydrogen-bond acceptors (Lipinski definition) is 2. The molecule has 0 amide bonds. The minimum absolute atomic E-state index is 0.0625. The largest absolute Gasteiger partial charge is 0.616 e. The summed E-state index contributed by atoms with van der Waals surface area (Å²) < 4.78 is 22.1. The fourth-order valence-corrected chi connectivity index (χ4v) is 1.13. The lowest BCUT2D eigenvalue weighted by Gasteiger charge is -2.10. The van der Waals surface area contributed by atoms with Crippen molar-refractivity contribution in [1.82, 2.24) is 0 Å². The number of alkyl halides is 1. The Morgan fingerprint density at radius 2 is 2.33 bits per heavy atom. The minimum Gasteiger partial charge on any atom is -0.616 e. The molecule has 0 heterocycles. The monoisotopic (exact) mass is 154 g/mol. The molecule has 0 aliphatic rings. The lowest BCUT2D eigenvalue weighted by Crippen LogP contribution is -2.23. The molecule has 2 atom stereocenters. The summed E-state index contributed by atoms with van der Waals surface area (Å²) in [5.41, 5.74) is 0. The Bertz CT molecular complexity index is 64.0. The van der Waals surface area contributed by atoms with Crippen LogP contribution in [0.4, 0.5) is 4.39 Å². The van der Waals surface area contributed by atoms with Crippen molar-refractivity contribution in [1.29, 1.82) is 0 Å². The van der Waals surface area contributed by atoms with Crippen LogP contribution in [0.5, 0.6) is 0 Å². The SMILES string of the molecule is CC[S+]([O-])CC(O)CF. The third-order valence-electron chi connectivity index (χ3n) is 0.878. The molecule has 0 saturated carbocycles. The van der Waals surface area contributed by atoms with Crippen molar-refractivity contribution in [3.63, 3.8) is 0 Å². The molecule has 0 saturated heterocycles. The van der Waals surface area contributed by atoms with E-state index in [0.29, 0.717) is 5.75 Å². The van der Waals surface area contributed by atoms with E-state index in [4.69, 9.17) is 5.11 Å². The zero-order valence-corrected chi connectivity index (χ0v) is 6.16. The average molecular weight is 154 g/mol. The zero-order chi connectivity index (χ0) is 7.28. The summed E-state index contributed by atoms with van der Waals surface area (Å²) in [6.45, 7) is 0.937. The van der Waals surface area contributed by atoms with Crippen LogP contribution in [0.25, 0.3) is 0 Å². The van der Waals surface area contributed by atoms with E-state index in [1.165, 1.54) is 0 Å². The van der Waals surface area contributed by atoms with Crippen LogP contribution in [0.2, 0.25) is 0 Å². The highest BCUT2D eigenvalue weighted by atomic mass is 32.2. The van der Waals surface area contributed by atoms with Crippen LogP contribution in [-0.2, 0) is 11.2 Å². The summed E-state index contributed by atoms with van der Waals surface area (Å²) in [6.07, 6.45) is -1.04. The van der Waals surface area contributed by atoms with Gasteiger partial charge in [0.25, 0.3) is 0 Å². The highest BCUT2D eigenvalue weighted by Crippen LogP contribution is 1.94. The third kappa shape index (κ3) is 4.69. The van der Waals surface area contributed by atoms with Gasteiger partial charge in [-0.05, 0) is 6.92 Å². The molecule has 0 rings (SSSR count). The number of aliphatic hydroxyl groups is 1. The molecule has 0 aromatic heterocycles. The van der Waals surface area contributed by atoms with Gasteiger partial charge in [0.1, 0.15) is 24.3 Å². The number of aliphatic hydroxyl groups excluding tert-OH is 1. The van der Waals surface area contributed by atoms with Gasteiger partial charge in [0.15, 0.2) is 0 Å². The fourth-order valence-electron chi connectivity index (χ4n) is 0.377. The summed E-state index contributed by atoms with van der Waals surface area (Å²) in [7, 11) is 0. The van der Waals surface area contributed by atoms with Gasteiger partial charge < -0.3 is 9.66 Å². The molecule has 0 aliphatic heterocycles. The summed E-state index contributed by atoms with van der Waals surface area (Å²) >= 11 is -1.05. The van der Waals surface area contributed by atoms with Crippen LogP contribution in [-0.4, -0.2) is 33.9 Å². The Kier molecular flexibility index (Phi) is 5.13. The number of rotatable bonds is 4. The zero-order valence-electron chi connectivity index (χ0n) is 5.34. The molecule has 0 aliphatic carbocycles. The molecule has 56 valence electrons. The van der Waals surface area contributed by atoms with Gasteiger partial charge in [0, 0.05) is 0 Å². The first-order valence-electron chi connectivity index (χ1n) is 2.79. The molecular weight excluding hydrogens is 143 g/mol. The van der Waals surface area contributed by atoms with Crippen molar-refractivity contribution in [2.45, 2.75) is 13.0 Å². The molecule has 0 fully saturated rings. The maximum atomic E-state index is 11.5. The fraction of sp³-hybridized carbons (Fsp3) is 1.00. The van der Waals surface area contributed by atoms with E-state index in [0.717, 1.165) is 0 Å². The van der Waals surface area contributed by atoms with Gasteiger partial charge in [-0.25, -0.2) is 4.39 Å². The molecule has 2 nitrogen and oxygen atoms in total. The molecule has 0 aromatic rings. The van der Waals surface area contributed by atoms with Crippen LogP contribution in [0, 0.1) is 0 Å². The second-order valence-corrected chi connectivity index (χ2v) is 3.49. The molecule has 0 spiro atoms. The van der Waals surface area contributed by atoms with E-state index < -0.39 is 24.0 Å². The van der Waals surface area contributed by atoms with Crippen LogP contribution < -0.4 is 0 Å². The van der Waals surface area contributed by atoms with E-state index in [2.05, 4.69) is 0 Å². The van der Waals surface area contributed by atoms with Crippen LogP contribution in [0.15, 0.2) is 0 Å². The van der Waals surface area contributed by atoms with Gasteiger partial charge >= 0.3 is 0 Å². The lowest BCUT2D eigenvalue weighted by molar-refractivity contribution is 0.160. The lowest BCUT2D eigenvalue weighted by atomic mass is 10.5. The number of halogens is 1. The molecular formula is C5H11FO2S. The molecule has 9 heavy (non-hydrogen) atoms. The van der Waals surface area contributed by atoms with Gasteiger partial charge in [-0.1, -0.05) is 11.2 Å². The van der Waals surface area contributed by atoms with Crippen LogP contribution in [0.3, 0.4) is 0 Å². The molecule has 4 heteroatoms. The predicted octanol–water partition coefficient (Wildman–Crippen LogP) is 0.0854. The van der Waals surface area contributed by atoms with Crippen molar-refractivity contribution in [2.75, 3.05) is 18.2 Å². The van der Waals surface area contributed by atoms with Gasteiger partial charge in [0.05, 0.1) is 0 Å². The average Bonchev–Trinajstić information content (AvgIpc) is 1.87. The van der Waals surface area contributed by atoms with Crippen molar-refractivity contribution in [3.8, 4) is 0 Å². The van der Waals surface area contributed by atoms with Gasteiger partial charge in [0.2, 0.25) is 0 Å². The second-order valence-electron chi connectivity index (χ2n) is 1.70. The summed E-state index contributed by atoms with van der Waals surface area (Å²) in [6, 6.07) is 0. The van der Waals surface area contributed by atoms with Crippen molar-refractivity contribution in [2.24, 2.45) is 0 Å². The third-order valence-corrected chi connectivity index (χ3v) is 2.28. The van der Waals surface area contributed by atoms with Crippen molar-refractivity contribution in [3.05, 3.63) is 0 Å². The maximum absolute atomic E-state index is 11.5. The molecule has 1 N–H and O–H groups in total. The van der Waals surface area contributed by atoms with Crippen LogP contribution in [0.1, 0.15) is 6.92 Å². The van der Waals surface area contributed by atoms with E-state index in [-0.39, 0.29) is 5.75 Å². The van der Waals surface area contributed by atoms with Gasteiger partial charge in [-0.15, -0.1) is 0 Å². The summed E-state index contributed by atoms with van der Waals surface area (Å²) in [5.74, 6) is 0.546. The smallest absolute Gasteiger partial charge is 0.133 e. The van der Waals surface area contributed by atoms with E-state index >= 15 is 0 Å². The van der Waals surface area contributed by atoms with E-state index in [1.807, 2.05) is 0 Å². The summed E-state index contributed by atoms with van der Waals surface area (Å²) in [5, 5.41) is 8.59. The maximum Gasteiger partial charge on any atom is 0.133 e. The Balaban J connectivity index is 3.22. The summed E-state index contributed by atoms with van der Waals surface area (Å²) in [4.78, 5) is 0. The van der Waals surface area contributed by atoms with Crippen molar-refractivity contribution >= 4 is 11.2 Å². The topological polar surface area (TPSA) is 43.3 Å². The standard InChI is InChI=1S/C5H11FO2S/c1-2-9(8)4-5(7)3-6/h5,7H,2-4H2,1H3. The Labute approximate surface area is 57.3 Å². The minimum atomic E-state index is -1.05. The van der Waals surface area contributed by atoms with Gasteiger partial charge in [-0.3, -0.25) is 0 Å². The Morgan fingerprint density at radius 1 is 1.78 bits per heavy atom. The molecule has 0 aromatic carbocycles. The Hall–Kier alpha value is 0.200. The first-order valence-corrected chi connectivity index (χ1v) is 4.28. The van der Waals surface area contributed by atoms with Gasteiger partial charge in [-0.2, -0.15) is 0 Å². The normalized spacial score (nSPS) is 17.3. The predicted molar refractivity (Wildman–Crippen MR) is 35.5 cm³/mol.